The monoisotopic (exact) mass is 306 g/mol. The van der Waals surface area contributed by atoms with E-state index in [0.29, 0.717) is 24.2 Å². The molecule has 1 aromatic carbocycles. The fraction of sp³-hybridized carbons (Fsp3) is 0.412. The van der Waals surface area contributed by atoms with Gasteiger partial charge in [0, 0.05) is 0 Å². The lowest BCUT2D eigenvalue weighted by Gasteiger charge is -2.15. The molecule has 5 nitrogen and oxygen atoms in total. The molecule has 1 N–H and O–H groups in total. The number of aromatic hydroxyl groups is 1. The number of methoxy groups -OCH3 is 1. The number of rotatable bonds is 8. The van der Waals surface area contributed by atoms with Crippen molar-refractivity contribution in [3.8, 4) is 11.5 Å². The summed E-state index contributed by atoms with van der Waals surface area (Å²) in [5, 5.41) is 9.56. The summed E-state index contributed by atoms with van der Waals surface area (Å²) in [5.41, 5.74) is 1.44. The first kappa shape index (κ1) is 17.8. The van der Waals surface area contributed by atoms with Crippen LogP contribution >= 0.6 is 0 Å². The van der Waals surface area contributed by atoms with Crippen LogP contribution in [0.25, 0.3) is 0 Å². The molecule has 0 aliphatic rings. The Kier molecular flexibility index (Phi) is 6.63. The summed E-state index contributed by atoms with van der Waals surface area (Å²) in [6.07, 6.45) is 1.05. The van der Waals surface area contributed by atoms with Gasteiger partial charge >= 0.3 is 5.97 Å². The molecule has 120 valence electrons. The van der Waals surface area contributed by atoms with Gasteiger partial charge in [-0.3, -0.25) is 9.59 Å². The predicted molar refractivity (Wildman–Crippen MR) is 82.9 cm³/mol. The Balaban J connectivity index is 2.75. The van der Waals surface area contributed by atoms with Gasteiger partial charge in [0.15, 0.2) is 11.5 Å². The lowest BCUT2D eigenvalue weighted by atomic mass is 9.91. The minimum Gasteiger partial charge on any atom is -0.504 e. The lowest BCUT2D eigenvalue weighted by molar-refractivity contribution is -0.149. The molecule has 0 fully saturated rings. The van der Waals surface area contributed by atoms with Crippen LogP contribution in [-0.4, -0.2) is 30.6 Å². The van der Waals surface area contributed by atoms with Gasteiger partial charge in [-0.1, -0.05) is 18.2 Å². The van der Waals surface area contributed by atoms with Gasteiger partial charge in [0.1, 0.15) is 11.7 Å². The van der Waals surface area contributed by atoms with E-state index >= 15 is 0 Å². The number of carbonyl (C=O) groups is 2. The molecule has 0 aliphatic heterocycles. The van der Waals surface area contributed by atoms with Crippen molar-refractivity contribution < 1.29 is 24.2 Å². The molecule has 1 aromatic rings. The van der Waals surface area contributed by atoms with Gasteiger partial charge in [-0.2, -0.15) is 0 Å². The number of esters is 1. The van der Waals surface area contributed by atoms with Crippen LogP contribution in [0.1, 0.15) is 25.8 Å². The average molecular weight is 306 g/mol. The van der Waals surface area contributed by atoms with Crippen LogP contribution in [0.5, 0.6) is 11.5 Å². The number of carbonyl (C=O) groups excluding carboxylic acids is 2. The van der Waals surface area contributed by atoms with E-state index in [9.17, 15) is 14.7 Å². The SMILES string of the molecule is C=C(CCc1ccc(O)c(OC)c1)C(C(C)=O)C(=O)OCC. The van der Waals surface area contributed by atoms with Crippen LogP contribution < -0.4 is 4.74 Å². The first-order valence-electron chi connectivity index (χ1n) is 7.11. The minimum absolute atomic E-state index is 0.0678. The third-order valence-electron chi connectivity index (χ3n) is 3.32. The molecule has 0 bridgehead atoms. The maximum absolute atomic E-state index is 11.8. The molecule has 22 heavy (non-hydrogen) atoms. The van der Waals surface area contributed by atoms with Crippen LogP contribution in [0, 0.1) is 5.92 Å². The molecule has 0 saturated carbocycles. The second-order valence-corrected chi connectivity index (χ2v) is 4.96. The quantitative estimate of drug-likeness (QED) is 0.454. The van der Waals surface area contributed by atoms with Crippen molar-refractivity contribution in [1.29, 1.82) is 0 Å². The second-order valence-electron chi connectivity index (χ2n) is 4.96. The summed E-state index contributed by atoms with van der Waals surface area (Å²) in [6, 6.07) is 5.03. The summed E-state index contributed by atoms with van der Waals surface area (Å²) in [5.74, 6) is -1.29. The number of ether oxygens (including phenoxy) is 2. The molecule has 0 spiro atoms. The summed E-state index contributed by atoms with van der Waals surface area (Å²) in [7, 11) is 1.48. The van der Waals surface area contributed by atoms with Gasteiger partial charge in [-0.15, -0.1) is 0 Å². The summed E-state index contributed by atoms with van der Waals surface area (Å²) < 4.78 is 9.96. The van der Waals surface area contributed by atoms with Gasteiger partial charge in [0.25, 0.3) is 0 Å². The summed E-state index contributed by atoms with van der Waals surface area (Å²) in [4.78, 5) is 23.5. The fourth-order valence-electron chi connectivity index (χ4n) is 2.17. The van der Waals surface area contributed by atoms with Crippen LogP contribution in [0.3, 0.4) is 0 Å². The average Bonchev–Trinajstić information content (AvgIpc) is 2.46. The molecular formula is C17H22O5. The van der Waals surface area contributed by atoms with Crippen molar-refractivity contribution in [3.05, 3.63) is 35.9 Å². The van der Waals surface area contributed by atoms with Gasteiger partial charge in [-0.25, -0.2) is 0 Å². The van der Waals surface area contributed by atoms with E-state index in [1.165, 1.54) is 14.0 Å². The molecule has 0 radical (unpaired) electrons. The lowest BCUT2D eigenvalue weighted by Crippen LogP contribution is -2.26. The maximum Gasteiger partial charge on any atom is 0.320 e. The Morgan fingerprint density at radius 1 is 1.36 bits per heavy atom. The number of benzene rings is 1. The van der Waals surface area contributed by atoms with E-state index in [1.807, 2.05) is 0 Å². The van der Waals surface area contributed by atoms with E-state index in [1.54, 1.807) is 25.1 Å². The molecule has 0 aromatic heterocycles. The highest BCUT2D eigenvalue weighted by Gasteiger charge is 2.27. The third kappa shape index (κ3) is 4.62. The Hall–Kier alpha value is -2.30. The molecule has 0 amide bonds. The zero-order chi connectivity index (χ0) is 16.7. The highest BCUT2D eigenvalue weighted by molar-refractivity contribution is 6.00. The van der Waals surface area contributed by atoms with Crippen molar-refractivity contribution in [2.24, 2.45) is 5.92 Å². The number of phenols is 1. The first-order chi connectivity index (χ1) is 10.4. The topological polar surface area (TPSA) is 72.8 Å². The molecule has 1 atom stereocenters. The van der Waals surface area contributed by atoms with Crippen molar-refractivity contribution in [1.82, 2.24) is 0 Å². The molecule has 5 heteroatoms. The van der Waals surface area contributed by atoms with Crippen LogP contribution in [0.15, 0.2) is 30.4 Å². The minimum atomic E-state index is -0.918. The number of Topliss-reactive ketones (excluding diaryl/α,β-unsaturated/α-hetero) is 1. The van der Waals surface area contributed by atoms with Crippen molar-refractivity contribution in [3.63, 3.8) is 0 Å². The van der Waals surface area contributed by atoms with Gasteiger partial charge < -0.3 is 14.6 Å². The van der Waals surface area contributed by atoms with Gasteiger partial charge in [0.05, 0.1) is 13.7 Å². The highest BCUT2D eigenvalue weighted by Crippen LogP contribution is 2.27. The van der Waals surface area contributed by atoms with E-state index in [4.69, 9.17) is 9.47 Å². The van der Waals surface area contributed by atoms with Crippen LogP contribution in [0.2, 0.25) is 0 Å². The van der Waals surface area contributed by atoms with E-state index in [-0.39, 0.29) is 18.1 Å². The molecule has 0 aliphatic carbocycles. The van der Waals surface area contributed by atoms with Crippen molar-refractivity contribution >= 4 is 11.8 Å². The Morgan fingerprint density at radius 2 is 2.05 bits per heavy atom. The number of phenolic OH excluding ortho intramolecular Hbond substituents is 1. The smallest absolute Gasteiger partial charge is 0.320 e. The summed E-state index contributed by atoms with van der Waals surface area (Å²) >= 11 is 0. The Labute approximate surface area is 130 Å². The Bertz CT molecular complexity index is 562. The largest absolute Gasteiger partial charge is 0.504 e. The number of aryl methyl sites for hydroxylation is 1. The zero-order valence-corrected chi connectivity index (χ0v) is 13.2. The highest BCUT2D eigenvalue weighted by atomic mass is 16.5. The third-order valence-corrected chi connectivity index (χ3v) is 3.32. The second kappa shape index (κ2) is 8.22. The standard InChI is InChI=1S/C17H22O5/c1-5-22-17(20)16(12(3)18)11(2)6-7-13-8-9-14(19)15(10-13)21-4/h8-10,16,19H,2,5-7H2,1,3-4H3. The van der Waals surface area contributed by atoms with E-state index in [2.05, 4.69) is 6.58 Å². The predicted octanol–water partition coefficient (Wildman–Crippen LogP) is 2.66. The molecule has 0 heterocycles. The van der Waals surface area contributed by atoms with E-state index < -0.39 is 11.9 Å². The van der Waals surface area contributed by atoms with Gasteiger partial charge in [0.2, 0.25) is 0 Å². The van der Waals surface area contributed by atoms with Crippen molar-refractivity contribution in [2.75, 3.05) is 13.7 Å². The Morgan fingerprint density at radius 3 is 2.59 bits per heavy atom. The molecule has 0 saturated heterocycles. The normalized spacial score (nSPS) is 11.6. The molecular weight excluding hydrogens is 284 g/mol. The van der Waals surface area contributed by atoms with Gasteiger partial charge in [-0.05, 0) is 44.4 Å². The summed E-state index contributed by atoms with van der Waals surface area (Å²) in [6.45, 7) is 7.13. The maximum atomic E-state index is 11.8. The van der Waals surface area contributed by atoms with Crippen LogP contribution in [0.4, 0.5) is 0 Å². The fourth-order valence-corrected chi connectivity index (χ4v) is 2.17. The van der Waals surface area contributed by atoms with Crippen LogP contribution in [-0.2, 0) is 20.7 Å². The number of ketones is 1. The van der Waals surface area contributed by atoms with Crippen molar-refractivity contribution in [2.45, 2.75) is 26.7 Å². The first-order valence-corrected chi connectivity index (χ1v) is 7.11. The number of hydrogen-bond donors (Lipinski definition) is 1. The number of hydrogen-bond acceptors (Lipinski definition) is 5. The zero-order valence-electron chi connectivity index (χ0n) is 13.2. The molecule has 1 unspecified atom stereocenters. The molecule has 1 rings (SSSR count). The van der Waals surface area contributed by atoms with E-state index in [0.717, 1.165) is 5.56 Å².